The first-order valence-electron chi connectivity index (χ1n) is 6.82. The van der Waals surface area contributed by atoms with Crippen molar-refractivity contribution in [1.82, 2.24) is 0 Å². The highest BCUT2D eigenvalue weighted by molar-refractivity contribution is 5.64. The summed E-state index contributed by atoms with van der Waals surface area (Å²) in [5.74, 6) is 0.964. The third-order valence-corrected chi connectivity index (χ3v) is 3.70. The third kappa shape index (κ3) is 3.87. The van der Waals surface area contributed by atoms with E-state index in [0.29, 0.717) is 0 Å². The van der Waals surface area contributed by atoms with Gasteiger partial charge < -0.3 is 15.4 Å². The van der Waals surface area contributed by atoms with Crippen LogP contribution in [0.5, 0.6) is 5.75 Å². The van der Waals surface area contributed by atoms with Crippen molar-refractivity contribution in [3.8, 4) is 5.75 Å². The van der Waals surface area contributed by atoms with Crippen LogP contribution < -0.4 is 15.4 Å². The summed E-state index contributed by atoms with van der Waals surface area (Å²) in [5, 5.41) is 0. The maximum Gasteiger partial charge on any atom is 0.122 e. The van der Waals surface area contributed by atoms with Crippen molar-refractivity contribution < 1.29 is 4.74 Å². The first-order valence-corrected chi connectivity index (χ1v) is 6.82. The number of anilines is 1. The summed E-state index contributed by atoms with van der Waals surface area (Å²) in [7, 11) is 3.86. The van der Waals surface area contributed by atoms with Crippen molar-refractivity contribution in [1.29, 1.82) is 0 Å². The Hall–Kier alpha value is -1.22. The highest BCUT2D eigenvalue weighted by atomic mass is 16.5. The molecule has 3 heteroatoms. The molecule has 0 saturated carbocycles. The van der Waals surface area contributed by atoms with E-state index in [1.165, 1.54) is 22.4 Å². The molecule has 0 bridgehead atoms. The molecule has 1 aromatic carbocycles. The zero-order valence-electron chi connectivity index (χ0n) is 13.4. The Morgan fingerprint density at radius 1 is 1.21 bits per heavy atom. The first-order chi connectivity index (χ1) is 8.67. The quantitative estimate of drug-likeness (QED) is 0.887. The van der Waals surface area contributed by atoms with Crippen LogP contribution in [-0.2, 0) is 0 Å². The molecule has 0 aromatic heterocycles. The molecule has 3 nitrogen and oxygen atoms in total. The van der Waals surface area contributed by atoms with Gasteiger partial charge in [0, 0.05) is 24.8 Å². The summed E-state index contributed by atoms with van der Waals surface area (Å²) in [4.78, 5) is 2.30. The fourth-order valence-corrected chi connectivity index (χ4v) is 2.40. The normalized spacial score (nSPS) is 11.6. The van der Waals surface area contributed by atoms with E-state index in [1.54, 1.807) is 7.11 Å². The van der Waals surface area contributed by atoms with Crippen molar-refractivity contribution in [3.05, 3.63) is 22.8 Å². The lowest BCUT2D eigenvalue weighted by Gasteiger charge is -2.28. The van der Waals surface area contributed by atoms with Crippen LogP contribution in [0.3, 0.4) is 0 Å². The largest absolute Gasteiger partial charge is 0.496 e. The fourth-order valence-electron chi connectivity index (χ4n) is 2.40. The second-order valence-electron chi connectivity index (χ2n) is 6.15. The monoisotopic (exact) mass is 264 g/mol. The number of hydrogen-bond donors (Lipinski definition) is 1. The van der Waals surface area contributed by atoms with Gasteiger partial charge in [-0.2, -0.15) is 0 Å². The second kappa shape index (κ2) is 5.83. The maximum absolute atomic E-state index is 6.07. The van der Waals surface area contributed by atoms with E-state index in [-0.39, 0.29) is 5.54 Å². The molecule has 0 amide bonds. The number of aryl methyl sites for hydroxylation is 1. The zero-order valence-corrected chi connectivity index (χ0v) is 13.4. The van der Waals surface area contributed by atoms with Gasteiger partial charge in [-0.1, -0.05) is 0 Å². The van der Waals surface area contributed by atoms with E-state index >= 15 is 0 Å². The van der Waals surface area contributed by atoms with Crippen LogP contribution in [-0.4, -0.2) is 26.2 Å². The molecule has 0 heterocycles. The van der Waals surface area contributed by atoms with E-state index in [1.807, 2.05) is 0 Å². The predicted octanol–water partition coefficient (Wildman–Crippen LogP) is 3.18. The standard InChI is InChI=1S/C16H28N2O/c1-11-10-14(19-7)12(2)13(3)15(11)18(6)9-8-16(4,5)17/h10H,8-9,17H2,1-7H3. The Labute approximate surface area is 117 Å². The van der Waals surface area contributed by atoms with E-state index < -0.39 is 0 Å². The van der Waals surface area contributed by atoms with Crippen LogP contribution >= 0.6 is 0 Å². The van der Waals surface area contributed by atoms with Crippen molar-refractivity contribution >= 4 is 5.69 Å². The molecule has 1 rings (SSSR count). The number of ether oxygens (including phenoxy) is 1. The Bertz CT molecular complexity index is 447. The average Bonchev–Trinajstić information content (AvgIpc) is 2.30. The minimum atomic E-state index is -0.127. The molecule has 0 aliphatic carbocycles. The molecule has 0 fully saturated rings. The highest BCUT2D eigenvalue weighted by Crippen LogP contribution is 2.33. The zero-order chi connectivity index (χ0) is 14.8. The third-order valence-electron chi connectivity index (χ3n) is 3.70. The van der Waals surface area contributed by atoms with Gasteiger partial charge in [-0.05, 0) is 63.8 Å². The molecule has 0 atom stereocenters. The van der Waals surface area contributed by atoms with Crippen LogP contribution in [0.4, 0.5) is 5.69 Å². The second-order valence-corrected chi connectivity index (χ2v) is 6.15. The Morgan fingerprint density at radius 2 is 1.79 bits per heavy atom. The van der Waals surface area contributed by atoms with Crippen LogP contribution in [0, 0.1) is 20.8 Å². The molecule has 0 radical (unpaired) electrons. The number of rotatable bonds is 5. The summed E-state index contributed by atoms with van der Waals surface area (Å²) in [6.07, 6.45) is 0.966. The molecule has 2 N–H and O–H groups in total. The van der Waals surface area contributed by atoms with E-state index in [0.717, 1.165) is 18.7 Å². The SMILES string of the molecule is COc1cc(C)c(N(C)CCC(C)(C)N)c(C)c1C. The lowest BCUT2D eigenvalue weighted by molar-refractivity contribution is 0.411. The molecular formula is C16H28N2O. The Balaban J connectivity index is 3.04. The number of nitrogens with zero attached hydrogens (tertiary/aromatic N) is 1. The molecule has 19 heavy (non-hydrogen) atoms. The van der Waals surface area contributed by atoms with Crippen LogP contribution in [0.15, 0.2) is 6.07 Å². The number of benzene rings is 1. The van der Waals surface area contributed by atoms with Crippen LogP contribution in [0.1, 0.15) is 37.0 Å². The molecule has 0 unspecified atom stereocenters. The molecule has 0 aliphatic rings. The van der Waals surface area contributed by atoms with Gasteiger partial charge in [0.1, 0.15) is 5.75 Å². The van der Waals surface area contributed by atoms with E-state index in [4.69, 9.17) is 10.5 Å². The van der Waals surface area contributed by atoms with Crippen molar-refractivity contribution in [3.63, 3.8) is 0 Å². The Kier molecular flexibility index (Phi) is 4.86. The van der Waals surface area contributed by atoms with Crippen molar-refractivity contribution in [2.24, 2.45) is 5.73 Å². The van der Waals surface area contributed by atoms with Gasteiger partial charge in [-0.3, -0.25) is 0 Å². The lowest BCUT2D eigenvalue weighted by Crippen LogP contribution is -2.36. The van der Waals surface area contributed by atoms with E-state index in [2.05, 4.69) is 52.6 Å². The summed E-state index contributed by atoms with van der Waals surface area (Å²) >= 11 is 0. The van der Waals surface area contributed by atoms with Gasteiger partial charge in [0.2, 0.25) is 0 Å². The summed E-state index contributed by atoms with van der Waals surface area (Å²) in [6.45, 7) is 11.5. The minimum absolute atomic E-state index is 0.127. The van der Waals surface area contributed by atoms with Gasteiger partial charge in [-0.25, -0.2) is 0 Å². The van der Waals surface area contributed by atoms with Crippen LogP contribution in [0.2, 0.25) is 0 Å². The highest BCUT2D eigenvalue weighted by Gasteiger charge is 2.16. The molecule has 1 aromatic rings. The summed E-state index contributed by atoms with van der Waals surface area (Å²) in [5.41, 5.74) is 11.0. The van der Waals surface area contributed by atoms with Gasteiger partial charge in [0.05, 0.1) is 7.11 Å². The summed E-state index contributed by atoms with van der Waals surface area (Å²) in [6, 6.07) is 2.11. The van der Waals surface area contributed by atoms with Gasteiger partial charge >= 0.3 is 0 Å². The molecule has 0 aliphatic heterocycles. The van der Waals surface area contributed by atoms with Gasteiger partial charge in [0.15, 0.2) is 0 Å². The predicted molar refractivity (Wildman–Crippen MR) is 83.4 cm³/mol. The number of nitrogens with two attached hydrogens (primary N) is 1. The first kappa shape index (κ1) is 15.8. The molecule has 0 spiro atoms. The molecular weight excluding hydrogens is 236 g/mol. The Morgan fingerprint density at radius 3 is 2.26 bits per heavy atom. The van der Waals surface area contributed by atoms with Gasteiger partial charge in [0.25, 0.3) is 0 Å². The molecule has 108 valence electrons. The maximum atomic E-state index is 6.07. The number of hydrogen-bond acceptors (Lipinski definition) is 3. The topological polar surface area (TPSA) is 38.5 Å². The average molecular weight is 264 g/mol. The number of methoxy groups -OCH3 is 1. The lowest BCUT2D eigenvalue weighted by atomic mass is 9.99. The summed E-state index contributed by atoms with van der Waals surface area (Å²) < 4.78 is 5.42. The van der Waals surface area contributed by atoms with E-state index in [9.17, 15) is 0 Å². The molecule has 0 saturated heterocycles. The fraction of sp³-hybridized carbons (Fsp3) is 0.625. The van der Waals surface area contributed by atoms with Crippen molar-refractivity contribution in [2.45, 2.75) is 46.6 Å². The minimum Gasteiger partial charge on any atom is -0.496 e. The van der Waals surface area contributed by atoms with Crippen molar-refractivity contribution in [2.75, 3.05) is 25.6 Å². The van der Waals surface area contributed by atoms with Crippen LogP contribution in [0.25, 0.3) is 0 Å². The smallest absolute Gasteiger partial charge is 0.122 e. The van der Waals surface area contributed by atoms with Gasteiger partial charge in [-0.15, -0.1) is 0 Å².